The lowest BCUT2D eigenvalue weighted by Crippen LogP contribution is -2.44. The van der Waals surface area contributed by atoms with Crippen molar-refractivity contribution >= 4 is 16.9 Å². The number of morpholine rings is 1. The Morgan fingerprint density at radius 2 is 1.88 bits per heavy atom. The predicted octanol–water partition coefficient (Wildman–Crippen LogP) is 4.19. The summed E-state index contributed by atoms with van der Waals surface area (Å²) in [6.45, 7) is 2.62. The first-order chi connectivity index (χ1) is 15.8. The summed E-state index contributed by atoms with van der Waals surface area (Å²) >= 11 is 0. The fourth-order valence-electron chi connectivity index (χ4n) is 4.01. The van der Waals surface area contributed by atoms with Crippen molar-refractivity contribution in [1.29, 1.82) is 0 Å². The van der Waals surface area contributed by atoms with Crippen LogP contribution in [-0.4, -0.2) is 50.8 Å². The van der Waals surface area contributed by atoms with Crippen LogP contribution in [0.25, 0.3) is 11.0 Å². The lowest BCUT2D eigenvalue weighted by atomic mass is 10.0. The molecule has 0 radical (unpaired) electrons. The molecule has 1 amide bonds. The molecule has 0 bridgehead atoms. The highest BCUT2D eigenvalue weighted by Crippen LogP contribution is 2.31. The summed E-state index contributed by atoms with van der Waals surface area (Å²) in [5, 5.41) is 3.77. The molecule has 1 aliphatic rings. The number of halogens is 3. The van der Waals surface area contributed by atoms with Crippen molar-refractivity contribution in [3.63, 3.8) is 0 Å². The van der Waals surface area contributed by atoms with E-state index in [1.54, 1.807) is 25.5 Å². The van der Waals surface area contributed by atoms with Gasteiger partial charge in [-0.25, -0.2) is 0 Å². The van der Waals surface area contributed by atoms with Gasteiger partial charge in [0.15, 0.2) is 0 Å². The zero-order valence-corrected chi connectivity index (χ0v) is 18.2. The zero-order valence-electron chi connectivity index (χ0n) is 18.2. The summed E-state index contributed by atoms with van der Waals surface area (Å²) in [7, 11) is 1.57. The molecule has 1 unspecified atom stereocenters. The molecule has 0 saturated carbocycles. The van der Waals surface area contributed by atoms with Crippen molar-refractivity contribution in [2.45, 2.75) is 18.6 Å². The van der Waals surface area contributed by atoms with E-state index in [4.69, 9.17) is 13.9 Å². The number of amides is 1. The molecule has 1 saturated heterocycles. The summed E-state index contributed by atoms with van der Waals surface area (Å²) in [5.41, 5.74) is 1.40. The van der Waals surface area contributed by atoms with Gasteiger partial charge in [-0.15, -0.1) is 0 Å². The average Bonchev–Trinajstić information content (AvgIpc) is 3.21. The first-order valence-corrected chi connectivity index (χ1v) is 10.6. The quantitative estimate of drug-likeness (QED) is 0.571. The molecular formula is C24H25F3N2O4. The zero-order chi connectivity index (χ0) is 23.4. The van der Waals surface area contributed by atoms with Crippen molar-refractivity contribution in [3.05, 3.63) is 65.4 Å². The normalized spacial score (nSPS) is 16.0. The molecule has 9 heteroatoms. The number of hydrogen-bond donors (Lipinski definition) is 1. The summed E-state index contributed by atoms with van der Waals surface area (Å²) in [6, 6.07) is 10.3. The van der Waals surface area contributed by atoms with Gasteiger partial charge in [-0.05, 0) is 29.8 Å². The first-order valence-electron chi connectivity index (χ1n) is 10.6. The van der Waals surface area contributed by atoms with Crippen LogP contribution in [0, 0.1) is 0 Å². The van der Waals surface area contributed by atoms with Crippen LogP contribution in [0.15, 0.2) is 53.1 Å². The predicted molar refractivity (Wildman–Crippen MR) is 116 cm³/mol. The van der Waals surface area contributed by atoms with E-state index in [0.29, 0.717) is 43.2 Å². The van der Waals surface area contributed by atoms with Crippen LogP contribution in [0.1, 0.15) is 22.7 Å². The van der Waals surface area contributed by atoms with Crippen molar-refractivity contribution in [2.24, 2.45) is 0 Å². The number of alkyl halides is 3. The van der Waals surface area contributed by atoms with Crippen LogP contribution < -0.4 is 10.1 Å². The number of methoxy groups -OCH3 is 1. The fraction of sp³-hybridized carbons (Fsp3) is 0.375. The Morgan fingerprint density at radius 3 is 2.55 bits per heavy atom. The second kappa shape index (κ2) is 9.84. The Bertz CT molecular complexity index is 1090. The van der Waals surface area contributed by atoms with Crippen molar-refractivity contribution in [3.8, 4) is 5.75 Å². The molecule has 3 aromatic rings. The number of benzene rings is 2. The minimum atomic E-state index is -4.39. The maximum atomic E-state index is 13.0. The third-order valence-electron chi connectivity index (χ3n) is 5.82. The van der Waals surface area contributed by atoms with Crippen LogP contribution in [-0.2, 0) is 22.1 Å². The van der Waals surface area contributed by atoms with Gasteiger partial charge >= 0.3 is 6.18 Å². The summed E-state index contributed by atoms with van der Waals surface area (Å²) in [6.07, 6.45) is -2.71. The van der Waals surface area contributed by atoms with E-state index < -0.39 is 11.7 Å². The third kappa shape index (κ3) is 5.48. The molecule has 0 aliphatic carbocycles. The number of ether oxygens (including phenoxy) is 2. The van der Waals surface area contributed by atoms with E-state index in [1.165, 1.54) is 12.1 Å². The number of nitrogens with one attached hydrogen (secondary N) is 1. The van der Waals surface area contributed by atoms with Crippen LogP contribution in [0.4, 0.5) is 13.2 Å². The molecule has 1 aromatic heterocycles. The standard InChI is InChI=1S/C24H25F3N2O4/c1-31-19-6-7-20-17(15-33-22(20)13-19)12-23(30)28-14-21(29-8-10-32-11-9-29)16-2-4-18(5-3-16)24(25,26)27/h2-7,13,15,21H,8-12,14H2,1H3,(H,28,30). The third-order valence-corrected chi connectivity index (χ3v) is 5.82. The molecule has 2 heterocycles. The van der Waals surface area contributed by atoms with Crippen molar-refractivity contribution in [2.75, 3.05) is 40.0 Å². The Hall–Kier alpha value is -3.04. The molecule has 0 spiro atoms. The summed E-state index contributed by atoms with van der Waals surface area (Å²) in [4.78, 5) is 14.8. The monoisotopic (exact) mass is 462 g/mol. The molecule has 1 fully saturated rings. The number of fused-ring (bicyclic) bond motifs is 1. The second-order valence-corrected chi connectivity index (χ2v) is 7.89. The number of rotatable bonds is 7. The van der Waals surface area contributed by atoms with E-state index in [1.807, 2.05) is 6.07 Å². The van der Waals surface area contributed by atoms with Gasteiger partial charge in [-0.2, -0.15) is 13.2 Å². The van der Waals surface area contributed by atoms with Crippen molar-refractivity contribution in [1.82, 2.24) is 10.2 Å². The molecule has 4 rings (SSSR count). The maximum absolute atomic E-state index is 13.0. The lowest BCUT2D eigenvalue weighted by molar-refractivity contribution is -0.137. The molecule has 176 valence electrons. The van der Waals surface area contributed by atoms with Gasteiger partial charge in [0.25, 0.3) is 0 Å². The van der Waals surface area contributed by atoms with E-state index in [-0.39, 0.29) is 24.9 Å². The SMILES string of the molecule is COc1ccc2c(CC(=O)NCC(c3ccc(C(F)(F)F)cc3)N3CCOCC3)coc2c1. The molecule has 1 aliphatic heterocycles. The molecular weight excluding hydrogens is 437 g/mol. The first kappa shape index (κ1) is 23.1. The highest BCUT2D eigenvalue weighted by molar-refractivity contribution is 5.88. The highest BCUT2D eigenvalue weighted by atomic mass is 19.4. The topological polar surface area (TPSA) is 63.9 Å². The molecule has 6 nitrogen and oxygen atoms in total. The Labute approximate surface area is 189 Å². The smallest absolute Gasteiger partial charge is 0.416 e. The van der Waals surface area contributed by atoms with Gasteiger partial charge in [0, 0.05) is 36.7 Å². The van der Waals surface area contributed by atoms with E-state index in [2.05, 4.69) is 10.2 Å². The van der Waals surface area contributed by atoms with Crippen LogP contribution in [0.2, 0.25) is 0 Å². The van der Waals surface area contributed by atoms with E-state index in [9.17, 15) is 18.0 Å². The minimum Gasteiger partial charge on any atom is -0.497 e. The number of nitrogens with zero attached hydrogens (tertiary/aromatic N) is 1. The van der Waals surface area contributed by atoms with E-state index >= 15 is 0 Å². The van der Waals surface area contributed by atoms with E-state index in [0.717, 1.165) is 23.1 Å². The Kier molecular flexibility index (Phi) is 6.90. The van der Waals surface area contributed by atoms with Gasteiger partial charge < -0.3 is 19.2 Å². The van der Waals surface area contributed by atoms with Gasteiger partial charge in [0.05, 0.1) is 44.6 Å². The minimum absolute atomic E-state index is 0.127. The lowest BCUT2D eigenvalue weighted by Gasteiger charge is -2.35. The molecule has 33 heavy (non-hydrogen) atoms. The van der Waals surface area contributed by atoms with Crippen LogP contribution in [0.5, 0.6) is 5.75 Å². The average molecular weight is 462 g/mol. The second-order valence-electron chi connectivity index (χ2n) is 7.89. The fourth-order valence-corrected chi connectivity index (χ4v) is 4.01. The Morgan fingerprint density at radius 1 is 1.15 bits per heavy atom. The van der Waals surface area contributed by atoms with Crippen molar-refractivity contribution < 1.29 is 31.9 Å². The van der Waals surface area contributed by atoms with Gasteiger partial charge in [-0.3, -0.25) is 9.69 Å². The molecule has 1 N–H and O–H groups in total. The molecule has 1 atom stereocenters. The number of carbonyl (C=O) groups excluding carboxylic acids is 1. The van der Waals surface area contributed by atoms with Gasteiger partial charge in [0.2, 0.25) is 5.91 Å². The highest BCUT2D eigenvalue weighted by Gasteiger charge is 2.31. The summed E-state index contributed by atoms with van der Waals surface area (Å²) in [5.74, 6) is 0.469. The number of furan rings is 1. The van der Waals surface area contributed by atoms with Gasteiger partial charge in [-0.1, -0.05) is 12.1 Å². The number of carbonyl (C=O) groups is 1. The van der Waals surface area contributed by atoms with Crippen LogP contribution >= 0.6 is 0 Å². The maximum Gasteiger partial charge on any atom is 0.416 e. The Balaban J connectivity index is 1.45. The molecule has 2 aromatic carbocycles. The summed E-state index contributed by atoms with van der Waals surface area (Å²) < 4.78 is 55.0. The van der Waals surface area contributed by atoms with Crippen LogP contribution in [0.3, 0.4) is 0 Å². The van der Waals surface area contributed by atoms with Gasteiger partial charge in [0.1, 0.15) is 11.3 Å². The number of hydrogen-bond acceptors (Lipinski definition) is 5. The largest absolute Gasteiger partial charge is 0.497 e.